The van der Waals surface area contributed by atoms with Crippen LogP contribution in [0.2, 0.25) is 0 Å². The molecule has 0 fully saturated rings. The maximum Gasteiger partial charge on any atom is 0.321 e. The molecule has 0 unspecified atom stereocenters. The Labute approximate surface area is 98.1 Å². The van der Waals surface area contributed by atoms with Gasteiger partial charge in [-0.1, -0.05) is 12.1 Å². The fourth-order valence-corrected chi connectivity index (χ4v) is 1.82. The van der Waals surface area contributed by atoms with Gasteiger partial charge in [-0.25, -0.2) is 4.39 Å². The molecule has 1 atom stereocenters. The number of rotatable bonds is 6. The van der Waals surface area contributed by atoms with Crippen LogP contribution in [0.15, 0.2) is 24.3 Å². The van der Waals surface area contributed by atoms with Crippen molar-refractivity contribution in [3.05, 3.63) is 35.6 Å². The molecule has 1 rings (SSSR count). The van der Waals surface area contributed by atoms with E-state index in [2.05, 4.69) is 5.32 Å². The van der Waals surface area contributed by atoms with Crippen LogP contribution in [0.25, 0.3) is 0 Å². The van der Waals surface area contributed by atoms with Crippen LogP contribution < -0.4 is 5.32 Å². The molecule has 0 aromatic heterocycles. The minimum absolute atomic E-state index is 0.289. The van der Waals surface area contributed by atoms with E-state index in [0.29, 0.717) is 12.3 Å². The summed E-state index contributed by atoms with van der Waals surface area (Å²) >= 11 is 1.47. The average molecular weight is 243 g/mol. The van der Waals surface area contributed by atoms with Gasteiger partial charge < -0.3 is 5.11 Å². The Hall–Kier alpha value is -1.07. The van der Waals surface area contributed by atoms with E-state index in [1.807, 2.05) is 6.26 Å². The number of carboxylic acids is 1. The molecule has 16 heavy (non-hydrogen) atoms. The number of halogens is 1. The highest BCUT2D eigenvalue weighted by molar-refractivity contribution is 7.98. The molecule has 2 N–H and O–H groups in total. The van der Waals surface area contributed by atoms with Gasteiger partial charge in [0.05, 0.1) is 0 Å². The van der Waals surface area contributed by atoms with Gasteiger partial charge in [0.15, 0.2) is 0 Å². The summed E-state index contributed by atoms with van der Waals surface area (Å²) in [5, 5.41) is 11.8. The van der Waals surface area contributed by atoms with Gasteiger partial charge in [-0.05, 0) is 24.0 Å². The molecule has 3 nitrogen and oxygen atoms in total. The highest BCUT2D eigenvalue weighted by Crippen LogP contribution is 2.04. The normalized spacial score (nSPS) is 12.4. The van der Waals surface area contributed by atoms with E-state index >= 15 is 0 Å². The molecule has 1 aromatic rings. The van der Waals surface area contributed by atoms with Crippen LogP contribution in [0.1, 0.15) is 5.56 Å². The third-order valence-electron chi connectivity index (χ3n) is 2.10. The number of benzene rings is 1. The first-order chi connectivity index (χ1) is 7.63. The Balaban J connectivity index is 2.48. The number of carbonyl (C=O) groups is 1. The molecule has 0 aliphatic carbocycles. The number of carboxylic acid groups (broad SMARTS) is 1. The zero-order chi connectivity index (χ0) is 12.0. The third-order valence-corrected chi connectivity index (χ3v) is 2.76. The molecule has 0 aliphatic rings. The quantitative estimate of drug-likeness (QED) is 0.799. The fourth-order valence-electron chi connectivity index (χ4n) is 1.23. The van der Waals surface area contributed by atoms with Gasteiger partial charge in [0.1, 0.15) is 11.9 Å². The molecule has 0 amide bonds. The Bertz CT molecular complexity index is 342. The molecular weight excluding hydrogens is 229 g/mol. The summed E-state index contributed by atoms with van der Waals surface area (Å²) in [6.07, 6.45) is 1.86. The maximum atomic E-state index is 12.6. The van der Waals surface area contributed by atoms with Crippen molar-refractivity contribution in [1.29, 1.82) is 0 Å². The summed E-state index contributed by atoms with van der Waals surface area (Å²) in [5.74, 6) is -0.643. The van der Waals surface area contributed by atoms with Crippen LogP contribution in [-0.2, 0) is 11.3 Å². The monoisotopic (exact) mass is 243 g/mol. The van der Waals surface area contributed by atoms with E-state index in [0.717, 1.165) is 5.56 Å². The van der Waals surface area contributed by atoms with Crippen molar-refractivity contribution in [3.8, 4) is 0 Å². The molecule has 0 spiro atoms. The van der Waals surface area contributed by atoms with E-state index < -0.39 is 12.0 Å². The summed E-state index contributed by atoms with van der Waals surface area (Å²) in [6, 6.07) is 5.43. The largest absolute Gasteiger partial charge is 0.480 e. The van der Waals surface area contributed by atoms with E-state index in [1.165, 1.54) is 23.9 Å². The van der Waals surface area contributed by atoms with Crippen LogP contribution in [-0.4, -0.2) is 29.1 Å². The van der Waals surface area contributed by atoms with E-state index in [1.54, 1.807) is 12.1 Å². The van der Waals surface area contributed by atoms with Crippen LogP contribution in [0.4, 0.5) is 4.39 Å². The van der Waals surface area contributed by atoms with Crippen LogP contribution >= 0.6 is 11.8 Å². The minimum atomic E-state index is -0.864. The van der Waals surface area contributed by atoms with Crippen molar-refractivity contribution < 1.29 is 14.3 Å². The van der Waals surface area contributed by atoms with Crippen molar-refractivity contribution in [1.82, 2.24) is 5.32 Å². The van der Waals surface area contributed by atoms with Crippen molar-refractivity contribution in [2.75, 3.05) is 12.0 Å². The molecule has 0 heterocycles. The SMILES string of the molecule is CSC[C@H](NCc1ccc(F)cc1)C(=O)O. The Morgan fingerprint density at radius 1 is 1.50 bits per heavy atom. The molecular formula is C11H14FNO2S. The Morgan fingerprint density at radius 3 is 2.62 bits per heavy atom. The van der Waals surface area contributed by atoms with Crippen LogP contribution in [0.5, 0.6) is 0 Å². The van der Waals surface area contributed by atoms with Crippen molar-refractivity contribution in [2.45, 2.75) is 12.6 Å². The average Bonchev–Trinajstić information content (AvgIpc) is 2.26. The fraction of sp³-hybridized carbons (Fsp3) is 0.364. The molecule has 0 aliphatic heterocycles. The lowest BCUT2D eigenvalue weighted by Crippen LogP contribution is -2.38. The third kappa shape index (κ3) is 4.20. The van der Waals surface area contributed by atoms with Gasteiger partial charge in [-0.3, -0.25) is 10.1 Å². The lowest BCUT2D eigenvalue weighted by molar-refractivity contribution is -0.138. The van der Waals surface area contributed by atoms with Crippen molar-refractivity contribution >= 4 is 17.7 Å². The predicted molar refractivity (Wildman–Crippen MR) is 63.0 cm³/mol. The van der Waals surface area contributed by atoms with E-state index in [-0.39, 0.29) is 5.82 Å². The Kier molecular flexibility index (Phi) is 5.28. The summed E-state index contributed by atoms with van der Waals surface area (Å²) in [5.41, 5.74) is 0.869. The summed E-state index contributed by atoms with van der Waals surface area (Å²) in [4.78, 5) is 10.8. The van der Waals surface area contributed by atoms with Crippen LogP contribution in [0.3, 0.4) is 0 Å². The minimum Gasteiger partial charge on any atom is -0.480 e. The van der Waals surface area contributed by atoms with E-state index in [4.69, 9.17) is 5.11 Å². The van der Waals surface area contributed by atoms with Crippen LogP contribution in [0, 0.1) is 5.82 Å². The second kappa shape index (κ2) is 6.50. The molecule has 1 aromatic carbocycles. The van der Waals surface area contributed by atoms with Crippen molar-refractivity contribution in [3.63, 3.8) is 0 Å². The van der Waals surface area contributed by atoms with Crippen molar-refractivity contribution in [2.24, 2.45) is 0 Å². The summed E-state index contributed by atoms with van der Waals surface area (Å²) in [6.45, 7) is 0.428. The molecule has 88 valence electrons. The molecule has 5 heteroatoms. The second-order valence-electron chi connectivity index (χ2n) is 3.35. The van der Waals surface area contributed by atoms with Gasteiger partial charge >= 0.3 is 5.97 Å². The van der Waals surface area contributed by atoms with Gasteiger partial charge in [-0.15, -0.1) is 0 Å². The van der Waals surface area contributed by atoms with Gasteiger partial charge in [0.25, 0.3) is 0 Å². The summed E-state index contributed by atoms with van der Waals surface area (Å²) < 4.78 is 12.6. The summed E-state index contributed by atoms with van der Waals surface area (Å²) in [7, 11) is 0. The van der Waals surface area contributed by atoms with Gasteiger partial charge in [0.2, 0.25) is 0 Å². The zero-order valence-corrected chi connectivity index (χ0v) is 9.76. The highest BCUT2D eigenvalue weighted by Gasteiger charge is 2.15. The molecule has 0 radical (unpaired) electrons. The van der Waals surface area contributed by atoms with Gasteiger partial charge in [-0.2, -0.15) is 11.8 Å². The zero-order valence-electron chi connectivity index (χ0n) is 8.94. The second-order valence-corrected chi connectivity index (χ2v) is 4.26. The smallest absolute Gasteiger partial charge is 0.321 e. The molecule has 0 saturated heterocycles. The lowest BCUT2D eigenvalue weighted by Gasteiger charge is -2.12. The Morgan fingerprint density at radius 2 is 2.12 bits per heavy atom. The maximum absolute atomic E-state index is 12.6. The molecule has 0 saturated carbocycles. The predicted octanol–water partition coefficient (Wildman–Crippen LogP) is 1.73. The number of hydrogen-bond donors (Lipinski definition) is 2. The number of hydrogen-bond acceptors (Lipinski definition) is 3. The number of aliphatic carboxylic acids is 1. The first-order valence-electron chi connectivity index (χ1n) is 4.83. The lowest BCUT2D eigenvalue weighted by atomic mass is 10.2. The standard InChI is InChI=1S/C11H14FNO2S/c1-16-7-10(11(14)15)13-6-8-2-4-9(12)5-3-8/h2-5,10,13H,6-7H2,1H3,(H,14,15)/t10-/m0/s1. The highest BCUT2D eigenvalue weighted by atomic mass is 32.2. The molecule has 0 bridgehead atoms. The number of thioether (sulfide) groups is 1. The topological polar surface area (TPSA) is 49.3 Å². The van der Waals surface area contributed by atoms with Gasteiger partial charge in [0, 0.05) is 12.3 Å². The first kappa shape index (κ1) is 13.0. The first-order valence-corrected chi connectivity index (χ1v) is 6.22. The van der Waals surface area contributed by atoms with E-state index in [9.17, 15) is 9.18 Å². The number of nitrogens with one attached hydrogen (secondary N) is 1.